The molecule has 1 N–H and O–H groups in total. The number of ether oxygens (including phenoxy) is 1. The number of para-hydroxylation sites is 1. The van der Waals surface area contributed by atoms with E-state index in [0.717, 1.165) is 39.5 Å². The fraction of sp³-hybridized carbons (Fsp3) is 0.318. The van der Waals surface area contributed by atoms with Crippen molar-refractivity contribution in [3.63, 3.8) is 0 Å². The molecule has 0 radical (unpaired) electrons. The van der Waals surface area contributed by atoms with Crippen LogP contribution in [-0.4, -0.2) is 25.5 Å². The molecule has 1 aromatic heterocycles. The lowest BCUT2D eigenvalue weighted by Gasteiger charge is -2.18. The van der Waals surface area contributed by atoms with Crippen LogP contribution in [0.3, 0.4) is 0 Å². The van der Waals surface area contributed by atoms with Crippen molar-refractivity contribution in [3.8, 4) is 5.75 Å². The highest BCUT2D eigenvalue weighted by atomic mass is 79.9. The van der Waals surface area contributed by atoms with Crippen molar-refractivity contribution in [1.29, 1.82) is 0 Å². The Bertz CT molecular complexity index is 1130. The summed E-state index contributed by atoms with van der Waals surface area (Å²) >= 11 is 3.37. The Labute approximate surface area is 178 Å². The number of halogens is 1. The maximum atomic E-state index is 12.5. The standard InChI is InChI=1S/C22H21BrN2O3S/c23-15-7-5-14(6-8-15)13-29(26,27)25-22-18-11-16(12-19(18)22)28-21-9-10-24-20-4-2-1-3-17(20)21/h1-10,16,18-19,22,25H,11-13H2. The third-order valence-corrected chi connectivity index (χ3v) is 7.76. The molecular formula is C22H21BrN2O3S. The Morgan fingerprint density at radius 3 is 2.52 bits per heavy atom. The smallest absolute Gasteiger partial charge is 0.216 e. The average molecular weight is 473 g/mol. The van der Waals surface area contributed by atoms with Crippen LogP contribution in [0.25, 0.3) is 10.9 Å². The molecule has 0 spiro atoms. The fourth-order valence-electron chi connectivity index (χ4n) is 4.46. The van der Waals surface area contributed by atoms with Crippen molar-refractivity contribution in [2.45, 2.75) is 30.7 Å². The van der Waals surface area contributed by atoms with Gasteiger partial charge in [-0.15, -0.1) is 0 Å². The summed E-state index contributed by atoms with van der Waals surface area (Å²) < 4.78 is 35.1. The molecule has 2 atom stereocenters. The van der Waals surface area contributed by atoms with Crippen molar-refractivity contribution >= 4 is 36.9 Å². The van der Waals surface area contributed by atoms with Crippen LogP contribution in [0, 0.1) is 11.8 Å². The van der Waals surface area contributed by atoms with Crippen LogP contribution in [-0.2, 0) is 15.8 Å². The number of pyridine rings is 1. The molecule has 2 aromatic carbocycles. The predicted molar refractivity (Wildman–Crippen MR) is 116 cm³/mol. The van der Waals surface area contributed by atoms with Gasteiger partial charge in [0, 0.05) is 22.1 Å². The van der Waals surface area contributed by atoms with Crippen LogP contribution in [0.1, 0.15) is 18.4 Å². The largest absolute Gasteiger partial charge is 0.490 e. The van der Waals surface area contributed by atoms with Crippen LogP contribution in [0.15, 0.2) is 65.3 Å². The normalized spacial score (nSPS) is 25.7. The Morgan fingerprint density at radius 1 is 1.03 bits per heavy atom. The first kappa shape index (κ1) is 19.0. The van der Waals surface area contributed by atoms with Crippen LogP contribution >= 0.6 is 15.9 Å². The minimum absolute atomic E-state index is 0.0130. The number of nitrogens with one attached hydrogen (secondary N) is 1. The number of aromatic nitrogens is 1. The molecule has 0 amide bonds. The number of hydrogen-bond donors (Lipinski definition) is 1. The molecule has 0 saturated heterocycles. The summed E-state index contributed by atoms with van der Waals surface area (Å²) in [5.41, 5.74) is 1.71. The molecule has 2 aliphatic rings. The molecule has 2 unspecified atom stereocenters. The quantitative estimate of drug-likeness (QED) is 0.581. The molecule has 3 aromatic rings. The molecule has 2 fully saturated rings. The highest BCUT2D eigenvalue weighted by Gasteiger charge is 2.58. The van der Waals surface area contributed by atoms with Gasteiger partial charge in [-0.3, -0.25) is 4.98 Å². The monoisotopic (exact) mass is 472 g/mol. The van der Waals surface area contributed by atoms with E-state index >= 15 is 0 Å². The minimum atomic E-state index is -3.35. The van der Waals surface area contributed by atoms with E-state index in [9.17, 15) is 8.42 Å². The zero-order valence-electron chi connectivity index (χ0n) is 15.7. The summed E-state index contributed by atoms with van der Waals surface area (Å²) in [5, 5.41) is 1.02. The Hall–Kier alpha value is -1.96. The number of rotatable bonds is 6. The van der Waals surface area contributed by atoms with Gasteiger partial charge in [0.1, 0.15) is 5.75 Å². The van der Waals surface area contributed by atoms with Crippen LogP contribution in [0.4, 0.5) is 0 Å². The number of nitrogens with zero attached hydrogens (tertiary/aromatic N) is 1. The number of fused-ring (bicyclic) bond motifs is 2. The second-order valence-electron chi connectivity index (χ2n) is 7.89. The zero-order chi connectivity index (χ0) is 20.0. The molecule has 0 bridgehead atoms. The summed E-state index contributed by atoms with van der Waals surface area (Å²) in [6.45, 7) is 0. The van der Waals surface area contributed by atoms with Crippen molar-refractivity contribution in [2.75, 3.05) is 0 Å². The number of benzene rings is 2. The molecule has 7 heteroatoms. The lowest BCUT2D eigenvalue weighted by atomic mass is 10.1. The van der Waals surface area contributed by atoms with E-state index in [4.69, 9.17) is 4.74 Å². The van der Waals surface area contributed by atoms with Gasteiger partial charge in [0.2, 0.25) is 10.0 Å². The lowest BCUT2D eigenvalue weighted by molar-refractivity contribution is 0.193. The van der Waals surface area contributed by atoms with Gasteiger partial charge in [-0.05, 0) is 60.6 Å². The summed E-state index contributed by atoms with van der Waals surface area (Å²) in [6, 6.07) is 17.3. The second-order valence-corrected chi connectivity index (χ2v) is 10.6. The van der Waals surface area contributed by atoms with Crippen LogP contribution in [0.2, 0.25) is 0 Å². The van der Waals surface area contributed by atoms with Gasteiger partial charge < -0.3 is 4.74 Å². The summed E-state index contributed by atoms with van der Waals surface area (Å²) in [7, 11) is -3.35. The maximum Gasteiger partial charge on any atom is 0.216 e. The summed E-state index contributed by atoms with van der Waals surface area (Å²) in [4.78, 5) is 4.37. The van der Waals surface area contributed by atoms with Gasteiger partial charge in [0.05, 0.1) is 17.4 Å². The first-order valence-electron chi connectivity index (χ1n) is 9.73. The molecule has 29 heavy (non-hydrogen) atoms. The summed E-state index contributed by atoms with van der Waals surface area (Å²) in [5.74, 6) is 1.61. The second kappa shape index (κ2) is 7.38. The van der Waals surface area contributed by atoms with E-state index in [2.05, 4.69) is 25.6 Å². The molecule has 0 aliphatic heterocycles. The topological polar surface area (TPSA) is 68.3 Å². The van der Waals surface area contributed by atoms with Crippen LogP contribution in [0.5, 0.6) is 5.75 Å². The van der Waals surface area contributed by atoms with Gasteiger partial charge in [-0.2, -0.15) is 0 Å². The first-order valence-corrected chi connectivity index (χ1v) is 12.2. The first-order chi connectivity index (χ1) is 14.0. The van der Waals surface area contributed by atoms with E-state index in [1.807, 2.05) is 54.6 Å². The number of sulfonamides is 1. The third-order valence-electron chi connectivity index (χ3n) is 5.89. The third kappa shape index (κ3) is 4.04. The van der Waals surface area contributed by atoms with E-state index in [0.29, 0.717) is 11.8 Å². The van der Waals surface area contributed by atoms with E-state index in [1.165, 1.54) is 0 Å². The fourth-order valence-corrected chi connectivity index (χ4v) is 6.21. The predicted octanol–water partition coefficient (Wildman–Crippen LogP) is 4.27. The molecule has 2 aliphatic carbocycles. The van der Waals surface area contributed by atoms with Crippen molar-refractivity contribution in [1.82, 2.24) is 9.71 Å². The van der Waals surface area contributed by atoms with Gasteiger partial charge >= 0.3 is 0 Å². The Balaban J connectivity index is 1.18. The Kier molecular flexibility index (Phi) is 4.84. The maximum absolute atomic E-state index is 12.5. The van der Waals surface area contributed by atoms with Crippen molar-refractivity contribution in [3.05, 3.63) is 70.8 Å². The van der Waals surface area contributed by atoms with E-state index in [-0.39, 0.29) is 17.9 Å². The minimum Gasteiger partial charge on any atom is -0.490 e. The molecule has 5 nitrogen and oxygen atoms in total. The zero-order valence-corrected chi connectivity index (χ0v) is 18.1. The molecule has 2 saturated carbocycles. The SMILES string of the molecule is O=S(=O)(Cc1ccc(Br)cc1)NC1C2CC(Oc3ccnc4ccccc34)CC21. The van der Waals surface area contributed by atoms with Crippen molar-refractivity contribution < 1.29 is 13.2 Å². The highest BCUT2D eigenvalue weighted by molar-refractivity contribution is 9.10. The lowest BCUT2D eigenvalue weighted by Crippen LogP contribution is -2.31. The van der Waals surface area contributed by atoms with Gasteiger partial charge in [0.25, 0.3) is 0 Å². The Morgan fingerprint density at radius 2 is 1.76 bits per heavy atom. The highest BCUT2D eigenvalue weighted by Crippen LogP contribution is 2.53. The van der Waals surface area contributed by atoms with Gasteiger partial charge in [-0.25, -0.2) is 13.1 Å². The summed E-state index contributed by atoms with van der Waals surface area (Å²) in [6.07, 6.45) is 3.66. The van der Waals surface area contributed by atoms with Gasteiger partial charge in [-0.1, -0.05) is 40.2 Å². The van der Waals surface area contributed by atoms with Crippen LogP contribution < -0.4 is 9.46 Å². The molecule has 150 valence electrons. The number of hydrogen-bond acceptors (Lipinski definition) is 4. The molecule has 5 rings (SSSR count). The molecular weight excluding hydrogens is 452 g/mol. The average Bonchev–Trinajstić information content (AvgIpc) is 3.12. The molecule has 1 heterocycles. The van der Waals surface area contributed by atoms with E-state index < -0.39 is 10.0 Å². The van der Waals surface area contributed by atoms with E-state index in [1.54, 1.807) is 6.20 Å². The van der Waals surface area contributed by atoms with Gasteiger partial charge in [0.15, 0.2) is 0 Å². The van der Waals surface area contributed by atoms with Crippen molar-refractivity contribution in [2.24, 2.45) is 11.8 Å².